The Morgan fingerprint density at radius 1 is 0.583 bits per heavy atom. The van der Waals surface area contributed by atoms with E-state index in [2.05, 4.69) is 6.92 Å². The van der Waals surface area contributed by atoms with Crippen molar-refractivity contribution in [3.05, 3.63) is 0 Å². The van der Waals surface area contributed by atoms with Crippen molar-refractivity contribution in [3.8, 4) is 0 Å². The van der Waals surface area contributed by atoms with Crippen LogP contribution in [0.3, 0.4) is 0 Å². The lowest BCUT2D eigenvalue weighted by molar-refractivity contribution is -0.359. The molecule has 4 unspecified atom stereocenters. The minimum Gasteiger partial charge on any atom is -0.394 e. The zero-order valence-corrected chi connectivity index (χ0v) is 21.1. The molecule has 0 aromatic rings. The summed E-state index contributed by atoms with van der Waals surface area (Å²) in [4.78, 5) is 0. The zero-order valence-electron chi connectivity index (χ0n) is 21.1. The van der Waals surface area contributed by atoms with Gasteiger partial charge in [0.25, 0.3) is 0 Å². The van der Waals surface area contributed by atoms with Gasteiger partial charge in [-0.2, -0.15) is 0 Å². The van der Waals surface area contributed by atoms with Crippen LogP contribution in [-0.2, 0) is 23.7 Å². The highest BCUT2D eigenvalue weighted by Gasteiger charge is 2.50. The van der Waals surface area contributed by atoms with E-state index in [1.54, 1.807) is 0 Å². The molecule has 2 aliphatic rings. The van der Waals surface area contributed by atoms with Gasteiger partial charge in [0.1, 0.15) is 48.8 Å². The maximum absolute atomic E-state index is 10.6. The maximum Gasteiger partial charge on any atom is 0.187 e. The summed E-state index contributed by atoms with van der Waals surface area (Å²) in [5, 5.41) is 70.1. The van der Waals surface area contributed by atoms with Crippen molar-refractivity contribution in [2.75, 3.05) is 33.0 Å². The predicted molar refractivity (Wildman–Crippen MR) is 126 cm³/mol. The van der Waals surface area contributed by atoms with Crippen LogP contribution in [0.15, 0.2) is 0 Å². The summed E-state index contributed by atoms with van der Waals surface area (Å²) in [6, 6.07) is 0. The van der Waals surface area contributed by atoms with Crippen LogP contribution in [0.1, 0.15) is 58.3 Å². The van der Waals surface area contributed by atoms with E-state index in [0.717, 1.165) is 12.8 Å². The lowest BCUT2D eigenvalue weighted by Gasteiger charge is -2.45. The third-order valence-corrected chi connectivity index (χ3v) is 6.61. The summed E-state index contributed by atoms with van der Waals surface area (Å²) >= 11 is 0. The first-order chi connectivity index (χ1) is 17.3. The van der Waals surface area contributed by atoms with Gasteiger partial charge in [0.15, 0.2) is 12.6 Å². The van der Waals surface area contributed by atoms with Gasteiger partial charge in [0, 0.05) is 6.61 Å². The highest BCUT2D eigenvalue weighted by Crippen LogP contribution is 2.29. The molecule has 0 spiro atoms. The first kappa shape index (κ1) is 31.7. The minimum absolute atomic E-state index is 0.0991. The van der Waals surface area contributed by atoms with Crippen molar-refractivity contribution in [1.29, 1.82) is 0 Å². The number of ether oxygens (including phenoxy) is 5. The Morgan fingerprint density at radius 3 is 1.81 bits per heavy atom. The fourth-order valence-electron chi connectivity index (χ4n) is 4.36. The fraction of sp³-hybridized carbons (Fsp3) is 1.00. The van der Waals surface area contributed by atoms with Crippen molar-refractivity contribution < 1.29 is 59.4 Å². The normalized spacial score (nSPS) is 37.3. The number of hydrogen-bond acceptors (Lipinski definition) is 12. The molecule has 0 aromatic heterocycles. The van der Waals surface area contributed by atoms with Crippen molar-refractivity contribution in [3.63, 3.8) is 0 Å². The number of aliphatic hydroxyl groups excluding tert-OH is 7. The van der Waals surface area contributed by atoms with Crippen LogP contribution in [-0.4, -0.2) is 130 Å². The molecule has 2 heterocycles. The Kier molecular flexibility index (Phi) is 15.1. The Balaban J connectivity index is 1.71. The molecule has 214 valence electrons. The first-order valence-electron chi connectivity index (χ1n) is 13.1. The molecule has 36 heavy (non-hydrogen) atoms. The SMILES string of the molecule is CCCCCCCCCCOCCO[C@H]1OC(CO)[C@H](O[C@@H]2OC(CO)[C@H](O)C(O)[C@H]2O)C(O)[C@H]1O. The molecule has 12 heteroatoms. The van der Waals surface area contributed by atoms with Gasteiger partial charge in [0.05, 0.1) is 26.4 Å². The molecule has 2 rings (SSSR count). The highest BCUT2D eigenvalue weighted by atomic mass is 16.7. The summed E-state index contributed by atoms with van der Waals surface area (Å²) in [5.74, 6) is 0. The van der Waals surface area contributed by atoms with Crippen molar-refractivity contribution in [1.82, 2.24) is 0 Å². The molecule has 0 bridgehead atoms. The van der Waals surface area contributed by atoms with Crippen LogP contribution < -0.4 is 0 Å². The number of unbranched alkanes of at least 4 members (excludes halogenated alkanes) is 7. The topological polar surface area (TPSA) is 188 Å². The smallest absolute Gasteiger partial charge is 0.187 e. The van der Waals surface area contributed by atoms with Gasteiger partial charge in [-0.15, -0.1) is 0 Å². The minimum atomic E-state index is -1.71. The van der Waals surface area contributed by atoms with Crippen molar-refractivity contribution >= 4 is 0 Å². The van der Waals surface area contributed by atoms with E-state index in [4.69, 9.17) is 23.7 Å². The summed E-state index contributed by atoms with van der Waals surface area (Å²) < 4.78 is 27.4. The molecule has 12 nitrogen and oxygen atoms in total. The van der Waals surface area contributed by atoms with Crippen LogP contribution >= 0.6 is 0 Å². The maximum atomic E-state index is 10.6. The molecule has 2 fully saturated rings. The molecular weight excluding hydrogens is 480 g/mol. The van der Waals surface area contributed by atoms with Crippen LogP contribution in [0.4, 0.5) is 0 Å². The van der Waals surface area contributed by atoms with E-state index in [1.807, 2.05) is 0 Å². The molecule has 0 saturated carbocycles. The summed E-state index contributed by atoms with van der Waals surface area (Å²) in [5.41, 5.74) is 0. The average Bonchev–Trinajstić information content (AvgIpc) is 2.88. The third-order valence-electron chi connectivity index (χ3n) is 6.61. The predicted octanol–water partition coefficient (Wildman–Crippen LogP) is -1.22. The van der Waals surface area contributed by atoms with E-state index in [9.17, 15) is 35.7 Å². The largest absolute Gasteiger partial charge is 0.394 e. The van der Waals surface area contributed by atoms with Gasteiger partial charge in [-0.25, -0.2) is 0 Å². The van der Waals surface area contributed by atoms with Gasteiger partial charge in [-0.05, 0) is 6.42 Å². The molecule has 2 saturated heterocycles. The highest BCUT2D eigenvalue weighted by molar-refractivity contribution is 4.94. The van der Waals surface area contributed by atoms with Crippen molar-refractivity contribution in [2.45, 2.75) is 120 Å². The van der Waals surface area contributed by atoms with Gasteiger partial charge in [-0.1, -0.05) is 51.9 Å². The first-order valence-corrected chi connectivity index (χ1v) is 13.1. The van der Waals surface area contributed by atoms with Gasteiger partial charge >= 0.3 is 0 Å². The van der Waals surface area contributed by atoms with Crippen LogP contribution in [0.2, 0.25) is 0 Å². The summed E-state index contributed by atoms with van der Waals surface area (Å²) in [6.07, 6.45) is -5.02. The Hall–Kier alpha value is -0.480. The Morgan fingerprint density at radius 2 is 1.17 bits per heavy atom. The second-order valence-corrected chi connectivity index (χ2v) is 9.46. The number of aliphatic hydroxyl groups is 7. The lowest BCUT2D eigenvalue weighted by atomic mass is 9.97. The third kappa shape index (κ3) is 9.37. The quantitative estimate of drug-likeness (QED) is 0.112. The second-order valence-electron chi connectivity index (χ2n) is 9.46. The second kappa shape index (κ2) is 17.2. The number of hydrogen-bond donors (Lipinski definition) is 7. The molecule has 0 aromatic carbocycles. The zero-order chi connectivity index (χ0) is 26.5. The average molecular weight is 527 g/mol. The monoisotopic (exact) mass is 526 g/mol. The molecular formula is C24H46O12. The molecule has 2 aliphatic heterocycles. The van der Waals surface area contributed by atoms with Gasteiger partial charge in [0.2, 0.25) is 0 Å². The van der Waals surface area contributed by atoms with Gasteiger partial charge < -0.3 is 59.4 Å². The van der Waals surface area contributed by atoms with E-state index < -0.39 is 74.6 Å². The molecule has 7 N–H and O–H groups in total. The molecule has 0 radical (unpaired) electrons. The molecule has 10 atom stereocenters. The van der Waals surface area contributed by atoms with Crippen molar-refractivity contribution in [2.24, 2.45) is 0 Å². The van der Waals surface area contributed by atoms with Crippen LogP contribution in [0.25, 0.3) is 0 Å². The lowest BCUT2D eigenvalue weighted by Crippen LogP contribution is -2.64. The fourth-order valence-corrected chi connectivity index (χ4v) is 4.36. The standard InChI is InChI=1S/C24H46O12/c1-2-3-4-5-6-7-8-9-10-32-11-12-33-23-21(31)19(29)22(16(14-26)35-23)36-24-20(30)18(28)17(27)15(13-25)34-24/h15-31H,2-14H2,1H3/t15?,16?,17-,18?,19?,20+,21+,22-,23-,24-/m0/s1. The summed E-state index contributed by atoms with van der Waals surface area (Å²) in [6.45, 7) is 1.91. The molecule has 0 amide bonds. The Bertz CT molecular complexity index is 565. The van der Waals surface area contributed by atoms with E-state index in [1.165, 1.54) is 38.5 Å². The van der Waals surface area contributed by atoms with Gasteiger partial charge in [-0.3, -0.25) is 0 Å². The van der Waals surface area contributed by atoms with Crippen LogP contribution in [0.5, 0.6) is 0 Å². The Labute approximate surface area is 212 Å². The van der Waals surface area contributed by atoms with E-state index >= 15 is 0 Å². The van der Waals surface area contributed by atoms with E-state index in [0.29, 0.717) is 6.61 Å². The van der Waals surface area contributed by atoms with Crippen LogP contribution in [0, 0.1) is 0 Å². The van der Waals surface area contributed by atoms with E-state index in [-0.39, 0.29) is 13.2 Å². The summed E-state index contributed by atoms with van der Waals surface area (Å²) in [7, 11) is 0. The molecule has 0 aliphatic carbocycles. The number of rotatable bonds is 17.